The summed E-state index contributed by atoms with van der Waals surface area (Å²) in [5, 5.41) is 0. The highest BCUT2D eigenvalue weighted by atomic mass is 15.1. The number of nitrogens with zero attached hydrogens (tertiary/aromatic N) is 2. The van der Waals surface area contributed by atoms with Gasteiger partial charge in [-0.05, 0) is 12.3 Å². The van der Waals surface area contributed by atoms with Gasteiger partial charge in [0, 0.05) is 13.0 Å². The first-order valence-corrected chi connectivity index (χ1v) is 5.43. The largest absolute Gasteiger partial charge is 0.384 e. The van der Waals surface area contributed by atoms with Crippen LogP contribution < -0.4 is 5.73 Å². The number of anilines is 1. The summed E-state index contributed by atoms with van der Waals surface area (Å²) in [5.74, 6) is 2.59. The third kappa shape index (κ3) is 2.08. The van der Waals surface area contributed by atoms with E-state index in [1.807, 2.05) is 0 Å². The lowest BCUT2D eigenvalue weighted by molar-refractivity contribution is 0.513. The van der Waals surface area contributed by atoms with E-state index in [9.17, 15) is 0 Å². The molecular formula is C11H21N3. The number of rotatable bonds is 4. The summed E-state index contributed by atoms with van der Waals surface area (Å²) in [6.07, 6.45) is 1.88. The Morgan fingerprint density at radius 3 is 2.36 bits per heavy atom. The average Bonchev–Trinajstić information content (AvgIpc) is 2.43. The number of aryl methyl sites for hydroxylation is 2. The molecule has 0 saturated heterocycles. The van der Waals surface area contributed by atoms with E-state index in [0.717, 1.165) is 36.7 Å². The Kier molecular flexibility index (Phi) is 3.55. The van der Waals surface area contributed by atoms with Crippen LogP contribution in [0.4, 0.5) is 5.82 Å². The summed E-state index contributed by atoms with van der Waals surface area (Å²) in [4.78, 5) is 4.54. The number of aromatic nitrogens is 2. The van der Waals surface area contributed by atoms with Gasteiger partial charge in [-0.3, -0.25) is 0 Å². The van der Waals surface area contributed by atoms with Crippen LogP contribution in [0.15, 0.2) is 0 Å². The van der Waals surface area contributed by atoms with E-state index < -0.39 is 0 Å². The van der Waals surface area contributed by atoms with Gasteiger partial charge in [0.25, 0.3) is 0 Å². The van der Waals surface area contributed by atoms with Crippen molar-refractivity contribution in [2.45, 2.75) is 47.1 Å². The monoisotopic (exact) mass is 195 g/mol. The lowest BCUT2D eigenvalue weighted by Crippen LogP contribution is -2.11. The lowest BCUT2D eigenvalue weighted by Gasteiger charge is -2.11. The number of hydrogen-bond donors (Lipinski definition) is 1. The summed E-state index contributed by atoms with van der Waals surface area (Å²) < 4.78 is 2.16. The first-order chi connectivity index (χ1) is 6.60. The lowest BCUT2D eigenvalue weighted by atomic mass is 10.2. The fourth-order valence-corrected chi connectivity index (χ4v) is 1.67. The standard InChI is InChI=1S/C11H21N3/c1-5-9-11(12)14(7-8(3)4)10(6-2)13-9/h8H,5-7,12H2,1-4H3. The fraction of sp³-hybridized carbons (Fsp3) is 0.727. The van der Waals surface area contributed by atoms with Crippen LogP contribution in [0.5, 0.6) is 0 Å². The first-order valence-electron chi connectivity index (χ1n) is 5.43. The van der Waals surface area contributed by atoms with Crippen LogP contribution in [-0.4, -0.2) is 9.55 Å². The van der Waals surface area contributed by atoms with E-state index in [1.54, 1.807) is 0 Å². The smallest absolute Gasteiger partial charge is 0.126 e. The van der Waals surface area contributed by atoms with Gasteiger partial charge in [-0.2, -0.15) is 0 Å². The molecule has 0 aliphatic rings. The SMILES string of the molecule is CCc1nc(CC)n(CC(C)C)c1N. The summed E-state index contributed by atoms with van der Waals surface area (Å²) in [7, 11) is 0. The van der Waals surface area contributed by atoms with Crippen molar-refractivity contribution in [1.82, 2.24) is 9.55 Å². The second-order valence-electron chi connectivity index (χ2n) is 4.07. The quantitative estimate of drug-likeness (QED) is 0.800. The minimum absolute atomic E-state index is 0.613. The van der Waals surface area contributed by atoms with Crippen molar-refractivity contribution >= 4 is 5.82 Å². The van der Waals surface area contributed by atoms with E-state index in [-0.39, 0.29) is 0 Å². The Morgan fingerprint density at radius 2 is 1.93 bits per heavy atom. The maximum atomic E-state index is 6.04. The van der Waals surface area contributed by atoms with Crippen molar-refractivity contribution < 1.29 is 0 Å². The topological polar surface area (TPSA) is 43.8 Å². The molecule has 0 fully saturated rings. The van der Waals surface area contributed by atoms with E-state index in [1.165, 1.54) is 0 Å². The molecule has 0 bridgehead atoms. The summed E-state index contributed by atoms with van der Waals surface area (Å²) in [6, 6.07) is 0. The molecule has 0 spiro atoms. The summed E-state index contributed by atoms with van der Waals surface area (Å²) >= 11 is 0. The zero-order valence-electron chi connectivity index (χ0n) is 9.67. The second-order valence-corrected chi connectivity index (χ2v) is 4.07. The van der Waals surface area contributed by atoms with Crippen LogP contribution in [0.3, 0.4) is 0 Å². The van der Waals surface area contributed by atoms with Gasteiger partial charge >= 0.3 is 0 Å². The van der Waals surface area contributed by atoms with E-state index in [4.69, 9.17) is 5.73 Å². The van der Waals surface area contributed by atoms with Gasteiger partial charge in [-0.15, -0.1) is 0 Å². The van der Waals surface area contributed by atoms with Crippen LogP contribution in [0.25, 0.3) is 0 Å². The Hall–Kier alpha value is -0.990. The van der Waals surface area contributed by atoms with E-state index in [0.29, 0.717) is 5.92 Å². The summed E-state index contributed by atoms with van der Waals surface area (Å²) in [6.45, 7) is 9.59. The molecule has 1 heterocycles. The van der Waals surface area contributed by atoms with Crippen molar-refractivity contribution in [2.75, 3.05) is 5.73 Å². The van der Waals surface area contributed by atoms with E-state index >= 15 is 0 Å². The van der Waals surface area contributed by atoms with Gasteiger partial charge in [0.1, 0.15) is 11.6 Å². The van der Waals surface area contributed by atoms with Crippen LogP contribution in [0.1, 0.15) is 39.2 Å². The Bertz CT molecular complexity index is 300. The maximum absolute atomic E-state index is 6.04. The molecule has 0 saturated carbocycles. The number of imidazole rings is 1. The zero-order valence-corrected chi connectivity index (χ0v) is 9.67. The summed E-state index contributed by atoms with van der Waals surface area (Å²) in [5.41, 5.74) is 7.08. The predicted molar refractivity (Wildman–Crippen MR) is 60.2 cm³/mol. The van der Waals surface area contributed by atoms with Gasteiger partial charge in [0.2, 0.25) is 0 Å². The van der Waals surface area contributed by atoms with Crippen LogP contribution in [0, 0.1) is 5.92 Å². The highest BCUT2D eigenvalue weighted by molar-refractivity contribution is 5.38. The molecule has 3 heteroatoms. The maximum Gasteiger partial charge on any atom is 0.126 e. The second kappa shape index (κ2) is 4.49. The van der Waals surface area contributed by atoms with E-state index in [2.05, 4.69) is 37.2 Å². The third-order valence-corrected chi connectivity index (χ3v) is 2.36. The van der Waals surface area contributed by atoms with Gasteiger partial charge < -0.3 is 10.3 Å². The molecule has 0 radical (unpaired) electrons. The molecule has 0 aromatic carbocycles. The number of hydrogen-bond acceptors (Lipinski definition) is 2. The normalized spacial score (nSPS) is 11.2. The van der Waals surface area contributed by atoms with Crippen molar-refractivity contribution in [3.63, 3.8) is 0 Å². The Balaban J connectivity index is 3.04. The molecule has 80 valence electrons. The predicted octanol–water partition coefficient (Wildman–Crippen LogP) is 2.25. The highest BCUT2D eigenvalue weighted by Crippen LogP contribution is 2.17. The molecule has 0 atom stereocenters. The Labute approximate surface area is 86.3 Å². The van der Waals surface area contributed by atoms with Crippen LogP contribution in [-0.2, 0) is 19.4 Å². The van der Waals surface area contributed by atoms with Crippen LogP contribution in [0.2, 0.25) is 0 Å². The third-order valence-electron chi connectivity index (χ3n) is 2.36. The van der Waals surface area contributed by atoms with Crippen LogP contribution >= 0.6 is 0 Å². The molecule has 1 rings (SSSR count). The minimum Gasteiger partial charge on any atom is -0.384 e. The molecule has 0 unspecified atom stereocenters. The van der Waals surface area contributed by atoms with Gasteiger partial charge in [0.15, 0.2) is 0 Å². The van der Waals surface area contributed by atoms with Crippen molar-refractivity contribution in [3.8, 4) is 0 Å². The fourth-order valence-electron chi connectivity index (χ4n) is 1.67. The van der Waals surface area contributed by atoms with Gasteiger partial charge in [-0.25, -0.2) is 4.98 Å². The molecule has 0 aliphatic carbocycles. The first kappa shape index (κ1) is 11.1. The molecule has 0 aliphatic heterocycles. The molecule has 1 aromatic heterocycles. The average molecular weight is 195 g/mol. The molecule has 14 heavy (non-hydrogen) atoms. The number of nitrogens with two attached hydrogens (primary N) is 1. The van der Waals surface area contributed by atoms with Crippen molar-refractivity contribution in [2.24, 2.45) is 5.92 Å². The van der Waals surface area contributed by atoms with Crippen molar-refractivity contribution in [3.05, 3.63) is 11.5 Å². The molecule has 0 amide bonds. The van der Waals surface area contributed by atoms with Crippen molar-refractivity contribution in [1.29, 1.82) is 0 Å². The Morgan fingerprint density at radius 1 is 1.29 bits per heavy atom. The molecule has 2 N–H and O–H groups in total. The van der Waals surface area contributed by atoms with Gasteiger partial charge in [0.05, 0.1) is 5.69 Å². The highest BCUT2D eigenvalue weighted by Gasteiger charge is 2.12. The number of nitrogen functional groups attached to an aromatic ring is 1. The van der Waals surface area contributed by atoms with Gasteiger partial charge in [-0.1, -0.05) is 27.7 Å². The minimum atomic E-state index is 0.613. The molecular weight excluding hydrogens is 174 g/mol. The zero-order chi connectivity index (χ0) is 10.7. The molecule has 3 nitrogen and oxygen atoms in total. The molecule has 1 aromatic rings.